The number of thiocarbonyl (C=S) groups is 1. The maximum atomic E-state index is 13.9. The Morgan fingerprint density at radius 1 is 0.475 bits per heavy atom. The first-order valence-corrected chi connectivity index (χ1v) is 40.2. The molecule has 0 bridgehead atoms. The molecule has 1 aromatic heterocycles. The highest BCUT2D eigenvalue weighted by Crippen LogP contribution is 2.22. The molecule has 0 saturated carbocycles. The van der Waals surface area contributed by atoms with Crippen LogP contribution < -0.4 is 47.9 Å². The summed E-state index contributed by atoms with van der Waals surface area (Å²) < 4.78 is 19.7. The van der Waals surface area contributed by atoms with Gasteiger partial charge in [0.2, 0.25) is 17.7 Å². The molecule has 0 aliphatic carbocycles. The number of aryl methyl sites for hydroxylation is 1. The molecule has 1 saturated heterocycles. The number of carbonyl (C=O) groups is 13. The first kappa shape index (κ1) is 98.2. The number of hydrogen-bond acceptors (Lipinski definition) is 23. The zero-order chi connectivity index (χ0) is 86.2. The number of nitrogens with zero attached hydrogens (tertiary/aromatic N) is 7. The third-order valence-corrected chi connectivity index (χ3v) is 19.4. The Hall–Kier alpha value is -10.4. The zero-order valence-electron chi connectivity index (χ0n) is 65.6. The molecule has 1 aliphatic rings. The van der Waals surface area contributed by atoms with E-state index >= 15 is 0 Å². The maximum Gasteiger partial charge on any atom is 0.326 e. The van der Waals surface area contributed by atoms with Crippen LogP contribution in [-0.4, -0.2) is 320 Å². The molecule has 1 unspecified atom stereocenters. The number of carbonyl (C=O) groups excluding carboxylic acids is 5. The van der Waals surface area contributed by atoms with Crippen molar-refractivity contribution in [2.75, 3.05) is 142 Å². The number of hydrogen-bond donors (Lipinski definition) is 17. The van der Waals surface area contributed by atoms with Gasteiger partial charge >= 0.3 is 59.8 Å². The van der Waals surface area contributed by atoms with Crippen LogP contribution in [0.15, 0.2) is 79.0 Å². The number of anilines is 2. The molecule has 42 heteroatoms. The molecule has 0 radical (unpaired) electrons. The van der Waals surface area contributed by atoms with E-state index in [0.717, 1.165) is 21.1 Å². The number of aliphatic carboxylic acids is 8. The molecule has 118 heavy (non-hydrogen) atoms. The van der Waals surface area contributed by atoms with Gasteiger partial charge in [-0.1, -0.05) is 41.6 Å². The van der Waals surface area contributed by atoms with Gasteiger partial charge in [0, 0.05) is 111 Å². The van der Waals surface area contributed by atoms with Crippen molar-refractivity contribution in [3.63, 3.8) is 0 Å². The van der Waals surface area contributed by atoms with Crippen LogP contribution in [0.3, 0.4) is 0 Å². The number of aromatic nitrogens is 3. The fourth-order valence-electron chi connectivity index (χ4n) is 12.3. The highest BCUT2D eigenvalue weighted by Gasteiger charge is 2.31. The van der Waals surface area contributed by atoms with Crippen molar-refractivity contribution in [2.45, 2.75) is 139 Å². The molecule has 1 fully saturated rings. The minimum absolute atomic E-state index is 0.0311. The molecule has 17 N–H and O–H groups in total. The summed E-state index contributed by atoms with van der Waals surface area (Å²) in [6.45, 7) is 1.54. The molecule has 3 aromatic carbocycles. The summed E-state index contributed by atoms with van der Waals surface area (Å²) in [5.74, 6) is -11.2. The number of urea groups is 2. The molecule has 5 atom stereocenters. The molecule has 0 spiro atoms. The van der Waals surface area contributed by atoms with Gasteiger partial charge in [-0.25, -0.2) is 28.7 Å². The Kier molecular flexibility index (Phi) is 46.1. The van der Waals surface area contributed by atoms with Crippen LogP contribution in [0.4, 0.5) is 21.0 Å². The molecule has 5 rings (SSSR count). The summed E-state index contributed by atoms with van der Waals surface area (Å²) in [6, 6.07) is 14.5. The summed E-state index contributed by atoms with van der Waals surface area (Å²) in [5, 5.41) is 110. The van der Waals surface area contributed by atoms with Crippen LogP contribution in [0.25, 0.3) is 11.3 Å². The average Bonchev–Trinajstić information content (AvgIpc) is 1.82. The lowest BCUT2D eigenvalue weighted by Crippen LogP contribution is -2.53. The molecule has 2 heterocycles. The predicted molar refractivity (Wildman–Crippen MR) is 439 cm³/mol. The molecule has 1 aliphatic heterocycles. The Labute approximate surface area is 700 Å². The van der Waals surface area contributed by atoms with Crippen LogP contribution in [-0.2, 0) is 86.3 Å². The van der Waals surface area contributed by atoms with Gasteiger partial charge in [-0.05, 0) is 166 Å². The van der Waals surface area contributed by atoms with Gasteiger partial charge in [-0.3, -0.25) is 58.0 Å². The van der Waals surface area contributed by atoms with Gasteiger partial charge in [0.15, 0.2) is 5.11 Å². The SMILES string of the molecule is O=C(O)CC[C@H](NC(=O)N[C@@H](CCCCNC(=O)Nc1cccc(-c2cn(CCOCCOCCOCCC(=O)N[C@@H](CCCCNC(=S)Nc3ccc(CC4CN(CC(=O)O)CCN(CC(=O)O)CCN(CC(=O)O)CCN4CC(=O)O)cc3)C(=O)N[C@@H](CCCCNC(=O)CCCc3ccc(I)cc3)C(=O)O)nn2)c1)C(=O)O)C(=O)O. The second kappa shape index (κ2) is 55.4. The molecule has 4 aromatic rings. The van der Waals surface area contributed by atoms with Gasteiger partial charge in [-0.2, -0.15) is 0 Å². The fraction of sp³-hybridized carbons (Fsp3) is 0.553. The average molecular weight is 1790 g/mol. The smallest absolute Gasteiger partial charge is 0.326 e. The third-order valence-electron chi connectivity index (χ3n) is 18.4. The quantitative estimate of drug-likeness (QED) is 0.0171. The van der Waals surface area contributed by atoms with Crippen LogP contribution in [0.1, 0.15) is 101 Å². The van der Waals surface area contributed by atoms with Crippen molar-refractivity contribution in [3.8, 4) is 11.3 Å². The van der Waals surface area contributed by atoms with E-state index in [4.69, 9.17) is 31.5 Å². The number of rotatable bonds is 55. The van der Waals surface area contributed by atoms with Crippen molar-refractivity contribution < 1.29 is 117 Å². The summed E-state index contributed by atoms with van der Waals surface area (Å²) in [7, 11) is 0. The normalized spacial score (nSPS) is 14.7. The maximum absolute atomic E-state index is 13.9. The van der Waals surface area contributed by atoms with Crippen LogP contribution in [0, 0.1) is 3.57 Å². The summed E-state index contributed by atoms with van der Waals surface area (Å²) in [4.78, 5) is 166. The van der Waals surface area contributed by atoms with E-state index in [1.807, 2.05) is 24.3 Å². The van der Waals surface area contributed by atoms with Crippen molar-refractivity contribution in [2.24, 2.45) is 0 Å². The van der Waals surface area contributed by atoms with Crippen molar-refractivity contribution in [3.05, 3.63) is 93.7 Å². The lowest BCUT2D eigenvalue weighted by Gasteiger charge is -2.37. The number of carboxylic acid groups (broad SMARTS) is 8. The Morgan fingerprint density at radius 3 is 1.59 bits per heavy atom. The minimum Gasteiger partial charge on any atom is -0.481 e. The third kappa shape index (κ3) is 42.7. The van der Waals surface area contributed by atoms with E-state index in [1.165, 1.54) is 0 Å². The van der Waals surface area contributed by atoms with Gasteiger partial charge in [0.1, 0.15) is 29.9 Å². The second-order valence-corrected chi connectivity index (χ2v) is 29.5. The monoisotopic (exact) mass is 1790 g/mol. The van der Waals surface area contributed by atoms with E-state index in [1.54, 1.807) is 79.0 Å². The molecule has 7 amide bonds. The van der Waals surface area contributed by atoms with Gasteiger partial charge < -0.3 is 103 Å². The summed E-state index contributed by atoms with van der Waals surface area (Å²) in [5.41, 5.74) is 4.08. The number of carboxylic acids is 8. The van der Waals surface area contributed by atoms with E-state index in [9.17, 15) is 98.1 Å². The van der Waals surface area contributed by atoms with Crippen molar-refractivity contribution in [1.29, 1.82) is 0 Å². The topological polar surface area (TPSA) is 563 Å². The highest BCUT2D eigenvalue weighted by molar-refractivity contribution is 14.1. The first-order valence-electron chi connectivity index (χ1n) is 38.8. The number of benzene rings is 3. The lowest BCUT2D eigenvalue weighted by molar-refractivity contribution is -0.142. The van der Waals surface area contributed by atoms with Crippen LogP contribution >= 0.6 is 34.8 Å². The largest absolute Gasteiger partial charge is 0.481 e. The Bertz CT molecular complexity index is 3890. The van der Waals surface area contributed by atoms with Crippen molar-refractivity contribution >= 4 is 129 Å². The van der Waals surface area contributed by atoms with Gasteiger partial charge in [0.05, 0.1) is 78.6 Å². The van der Waals surface area contributed by atoms with E-state index < -0.39 is 128 Å². The predicted octanol–water partition coefficient (Wildman–Crippen LogP) is 2.34. The van der Waals surface area contributed by atoms with Crippen LogP contribution in [0.5, 0.6) is 0 Å². The number of nitrogens with one attached hydrogen (secondary N) is 9. The highest BCUT2D eigenvalue weighted by atomic mass is 127. The summed E-state index contributed by atoms with van der Waals surface area (Å²) >= 11 is 7.84. The first-order chi connectivity index (χ1) is 56.5. The lowest BCUT2D eigenvalue weighted by atomic mass is 10.0. The molecular weight excluding hydrogens is 1680 g/mol. The Morgan fingerprint density at radius 2 is 1.00 bits per heavy atom. The van der Waals surface area contributed by atoms with E-state index in [-0.39, 0.29) is 155 Å². The number of amides is 7. The fourth-order valence-corrected chi connectivity index (χ4v) is 12.9. The zero-order valence-corrected chi connectivity index (χ0v) is 68.6. The van der Waals surface area contributed by atoms with E-state index in [0.29, 0.717) is 87.2 Å². The molecule has 40 nitrogen and oxygen atoms in total. The standard InChI is InChI=1S/C76H109IN16O24S/c77-54-20-16-51(17-21-54)9-7-15-63(94)78-27-4-2-13-59(71(107)108)84-70(106)58(12-1-6-29-80-76(118)82-55-22-18-52(19-23-55)43-57-45-91(49-68(102)103)33-32-89(47-66(98)99)30-31-90(48-67(100)101)34-35-92(57)50-69(104)105)83-64(95)26-37-115-39-41-117-42-40-116-38-36-93-46-62(87-88-93)53-10-8-11-56(44-53)81-74(113)79-28-5-3-14-60(72(109)110)85-75(114)86-61(73(111)112)24-25-65(96)97/h8,10-11,16-23,44,46,57-61H,1-7,9,12-15,24-43,45,47-50H2,(H,78,94)(H,83,95)(H,84,106)(H,96,97)(H,98,99)(H,100,101)(H,102,103)(H,104,105)(H,107,108)(H,109,110)(H,111,112)(H2,79,81,113)(H2,80,82,118)(H2,85,86,114)/t57?,58-,59-,60-,61-/m0/s1. The van der Waals surface area contributed by atoms with Crippen LogP contribution in [0.2, 0.25) is 0 Å². The van der Waals surface area contributed by atoms with Gasteiger partial charge in [-0.15, -0.1) is 5.10 Å². The number of ether oxygens (including phenoxy) is 3. The van der Waals surface area contributed by atoms with Gasteiger partial charge in [0.25, 0.3) is 0 Å². The van der Waals surface area contributed by atoms with E-state index in [2.05, 4.69) is 80.8 Å². The molecular formula is C76H109IN16O24S. The Balaban J connectivity index is 1.05. The minimum atomic E-state index is -1.54. The van der Waals surface area contributed by atoms with Crippen molar-refractivity contribution in [1.82, 2.24) is 71.8 Å². The molecule has 650 valence electrons. The second-order valence-electron chi connectivity index (χ2n) is 27.9. The summed E-state index contributed by atoms with van der Waals surface area (Å²) in [6.07, 6.45) is 4.96. The number of halogens is 1. The number of unbranched alkanes of at least 4 members (excludes halogenated alkanes) is 3.